The van der Waals surface area contributed by atoms with Crippen LogP contribution in [-0.2, 0) is 24.0 Å². The number of hydrogen-bond acceptors (Lipinski definition) is 8. The Bertz CT molecular complexity index is 727. The van der Waals surface area contributed by atoms with Gasteiger partial charge >= 0.3 is 11.9 Å². The third-order valence-electron chi connectivity index (χ3n) is 4.59. The molecule has 0 saturated carbocycles. The first kappa shape index (κ1) is 30.5. The highest BCUT2D eigenvalue weighted by atomic mass is 16.4. The highest BCUT2D eigenvalue weighted by Crippen LogP contribution is 2.03. The van der Waals surface area contributed by atoms with E-state index in [-0.39, 0.29) is 31.8 Å². The van der Waals surface area contributed by atoms with Crippen LogP contribution in [0.5, 0.6) is 0 Å². The fraction of sp³-hybridized carbons (Fsp3) is 0.684. The minimum absolute atomic E-state index is 0.00441. The maximum atomic E-state index is 12.6. The third-order valence-corrected chi connectivity index (χ3v) is 4.59. The average molecular weight is 489 g/mol. The molecule has 0 rings (SSSR count). The van der Waals surface area contributed by atoms with Gasteiger partial charge in [0.15, 0.2) is 5.96 Å². The second-order valence-electron chi connectivity index (χ2n) is 7.51. The normalized spacial score (nSPS) is 13.1. The van der Waals surface area contributed by atoms with Crippen LogP contribution in [0, 0.1) is 0 Å². The summed E-state index contributed by atoms with van der Waals surface area (Å²) in [6, 6.07) is -3.48. The van der Waals surface area contributed by atoms with E-state index in [1.54, 1.807) is 0 Å². The molecule has 0 heterocycles. The molecule has 0 radical (unpaired) electrons. The number of carboxylic acids is 2. The molecule has 0 aromatic rings. The third kappa shape index (κ3) is 14.6. The van der Waals surface area contributed by atoms with E-state index >= 15 is 0 Å². The summed E-state index contributed by atoms with van der Waals surface area (Å²) in [7, 11) is 0. The van der Waals surface area contributed by atoms with Gasteiger partial charge in [-0.2, -0.15) is 0 Å². The van der Waals surface area contributed by atoms with E-state index in [9.17, 15) is 29.1 Å². The number of carbonyl (C=O) groups is 5. The van der Waals surface area contributed by atoms with Gasteiger partial charge in [0.2, 0.25) is 17.7 Å². The predicted molar refractivity (Wildman–Crippen MR) is 122 cm³/mol. The van der Waals surface area contributed by atoms with Gasteiger partial charge in [0.1, 0.15) is 12.1 Å². The smallest absolute Gasteiger partial charge is 0.326 e. The Labute approximate surface area is 197 Å². The number of aliphatic carboxylic acids is 2. The van der Waals surface area contributed by atoms with Crippen molar-refractivity contribution < 1.29 is 34.2 Å². The van der Waals surface area contributed by atoms with Crippen molar-refractivity contribution in [2.24, 2.45) is 27.9 Å². The number of carbonyl (C=O) groups excluding carboxylic acids is 3. The molecule has 0 bridgehead atoms. The fourth-order valence-electron chi connectivity index (χ4n) is 2.75. The van der Waals surface area contributed by atoms with Crippen molar-refractivity contribution in [3.8, 4) is 0 Å². The Morgan fingerprint density at radius 3 is 2.09 bits per heavy atom. The number of hydrogen-bond donors (Lipinski definition) is 9. The Hall–Kier alpha value is -3.46. The van der Waals surface area contributed by atoms with Gasteiger partial charge < -0.3 is 49.1 Å². The molecule has 0 aliphatic heterocycles. The topological polar surface area (TPSA) is 278 Å². The summed E-state index contributed by atoms with van der Waals surface area (Å²) in [4.78, 5) is 62.9. The average Bonchev–Trinajstić information content (AvgIpc) is 2.76. The first-order valence-corrected chi connectivity index (χ1v) is 10.8. The van der Waals surface area contributed by atoms with Crippen molar-refractivity contribution in [1.82, 2.24) is 16.0 Å². The number of guanidine groups is 1. The van der Waals surface area contributed by atoms with Crippen LogP contribution in [0.4, 0.5) is 0 Å². The molecule has 34 heavy (non-hydrogen) atoms. The van der Waals surface area contributed by atoms with Crippen molar-refractivity contribution in [3.05, 3.63) is 0 Å². The maximum Gasteiger partial charge on any atom is 0.326 e. The molecule has 194 valence electrons. The zero-order chi connectivity index (χ0) is 26.1. The van der Waals surface area contributed by atoms with Gasteiger partial charge in [-0.15, -0.1) is 0 Å². The van der Waals surface area contributed by atoms with Gasteiger partial charge in [0.05, 0.1) is 12.6 Å². The number of amides is 3. The SMILES string of the molecule is NCCCCC(N)C(=O)NCC(=O)NC(CCC(=O)O)C(=O)NC(CCCN=C(N)N)C(=O)O. The molecule has 0 fully saturated rings. The summed E-state index contributed by atoms with van der Waals surface area (Å²) >= 11 is 0. The minimum Gasteiger partial charge on any atom is -0.481 e. The Balaban J connectivity index is 4.92. The second-order valence-corrected chi connectivity index (χ2v) is 7.51. The number of rotatable bonds is 18. The quantitative estimate of drug-likeness (QED) is 0.0519. The molecule has 0 saturated heterocycles. The highest BCUT2D eigenvalue weighted by Gasteiger charge is 2.27. The molecule has 3 unspecified atom stereocenters. The maximum absolute atomic E-state index is 12.6. The van der Waals surface area contributed by atoms with Crippen molar-refractivity contribution >= 4 is 35.6 Å². The van der Waals surface area contributed by atoms with Crippen LogP contribution >= 0.6 is 0 Å². The summed E-state index contributed by atoms with van der Waals surface area (Å²) in [5, 5.41) is 25.2. The van der Waals surface area contributed by atoms with Gasteiger partial charge in [-0.3, -0.25) is 24.2 Å². The van der Waals surface area contributed by atoms with E-state index in [1.807, 2.05) is 0 Å². The van der Waals surface area contributed by atoms with Crippen LogP contribution in [0.15, 0.2) is 4.99 Å². The summed E-state index contributed by atoms with van der Waals surface area (Å²) < 4.78 is 0. The molecule has 0 aliphatic rings. The molecule has 0 aromatic heterocycles. The van der Waals surface area contributed by atoms with Crippen LogP contribution < -0.4 is 38.9 Å². The highest BCUT2D eigenvalue weighted by molar-refractivity contribution is 5.92. The predicted octanol–water partition coefficient (Wildman–Crippen LogP) is -3.47. The standard InChI is InChI=1S/C19H36N8O7/c20-8-2-1-4-11(21)16(31)25-10-14(28)26-12(6-7-15(29)30)17(32)27-13(18(33)34)5-3-9-24-19(22)23/h11-13H,1-10,20-21H2,(H,25,31)(H,26,28)(H,27,32)(H,29,30)(H,33,34)(H4,22,23,24). The summed E-state index contributed by atoms with van der Waals surface area (Å²) in [5.41, 5.74) is 21.5. The lowest BCUT2D eigenvalue weighted by Gasteiger charge is -2.21. The van der Waals surface area contributed by atoms with Gasteiger partial charge in [-0.05, 0) is 38.6 Å². The lowest BCUT2D eigenvalue weighted by atomic mass is 10.1. The molecule has 0 aliphatic carbocycles. The number of nitrogens with zero attached hydrogens (tertiary/aromatic N) is 1. The van der Waals surface area contributed by atoms with Crippen molar-refractivity contribution in [3.63, 3.8) is 0 Å². The number of nitrogens with one attached hydrogen (secondary N) is 3. The monoisotopic (exact) mass is 488 g/mol. The van der Waals surface area contributed by atoms with E-state index in [4.69, 9.17) is 28.0 Å². The largest absolute Gasteiger partial charge is 0.481 e. The fourth-order valence-corrected chi connectivity index (χ4v) is 2.75. The van der Waals surface area contributed by atoms with Crippen molar-refractivity contribution in [2.75, 3.05) is 19.6 Å². The van der Waals surface area contributed by atoms with Gasteiger partial charge in [0, 0.05) is 13.0 Å². The summed E-state index contributed by atoms with van der Waals surface area (Å²) in [6.07, 6.45) is 1.22. The van der Waals surface area contributed by atoms with Crippen LogP contribution in [0.2, 0.25) is 0 Å². The molecule has 0 aromatic carbocycles. The zero-order valence-corrected chi connectivity index (χ0v) is 19.0. The Morgan fingerprint density at radius 2 is 1.53 bits per heavy atom. The van der Waals surface area contributed by atoms with Crippen LogP contribution in [0.1, 0.15) is 44.9 Å². The molecule has 3 atom stereocenters. The second kappa shape index (κ2) is 17.1. The van der Waals surface area contributed by atoms with E-state index in [0.717, 1.165) is 0 Å². The molecular weight excluding hydrogens is 452 g/mol. The molecule has 15 nitrogen and oxygen atoms in total. The lowest BCUT2D eigenvalue weighted by molar-refractivity contribution is -0.143. The first-order valence-electron chi connectivity index (χ1n) is 10.8. The van der Waals surface area contributed by atoms with Crippen LogP contribution in [-0.4, -0.2) is 83.6 Å². The first-order chi connectivity index (χ1) is 16.0. The number of aliphatic imine (C=N–C) groups is 1. The Kier molecular flexibility index (Phi) is 15.3. The zero-order valence-electron chi connectivity index (χ0n) is 19.0. The molecular formula is C19H36N8O7. The van der Waals surface area contributed by atoms with E-state index in [1.165, 1.54) is 0 Å². The molecule has 0 spiro atoms. The van der Waals surface area contributed by atoms with Gasteiger partial charge in [-0.1, -0.05) is 6.42 Å². The van der Waals surface area contributed by atoms with Crippen LogP contribution in [0.25, 0.3) is 0 Å². The molecule has 15 heteroatoms. The van der Waals surface area contributed by atoms with E-state index in [2.05, 4.69) is 20.9 Å². The Morgan fingerprint density at radius 1 is 0.853 bits per heavy atom. The van der Waals surface area contributed by atoms with E-state index in [0.29, 0.717) is 25.8 Å². The van der Waals surface area contributed by atoms with Gasteiger partial charge in [0.25, 0.3) is 0 Å². The molecule has 3 amide bonds. The minimum atomic E-state index is -1.33. The van der Waals surface area contributed by atoms with E-state index < -0.39 is 60.8 Å². The van der Waals surface area contributed by atoms with Crippen molar-refractivity contribution in [1.29, 1.82) is 0 Å². The van der Waals surface area contributed by atoms with Crippen molar-refractivity contribution in [2.45, 2.75) is 63.1 Å². The summed E-state index contributed by atoms with van der Waals surface area (Å²) in [5.74, 6) is -4.91. The molecule has 13 N–H and O–H groups in total. The number of nitrogens with two attached hydrogens (primary N) is 4. The number of carboxylic acid groups (broad SMARTS) is 2. The lowest BCUT2D eigenvalue weighted by Crippen LogP contribution is -2.53. The summed E-state index contributed by atoms with van der Waals surface area (Å²) in [6.45, 7) is 0.117. The van der Waals surface area contributed by atoms with Gasteiger partial charge in [-0.25, -0.2) is 4.79 Å². The number of unbranched alkanes of at least 4 members (excludes halogenated alkanes) is 1. The van der Waals surface area contributed by atoms with Crippen LogP contribution in [0.3, 0.4) is 0 Å².